The Kier molecular flexibility index (Phi) is 5.64. The molecule has 0 aliphatic carbocycles. The number of aliphatic imine (C=N–C) groups is 1. The van der Waals surface area contributed by atoms with Gasteiger partial charge in [0, 0.05) is 0 Å². The van der Waals surface area contributed by atoms with Gasteiger partial charge in [0.05, 0.1) is 27.8 Å². The number of ether oxygens (including phenoxy) is 3. The van der Waals surface area contributed by atoms with Crippen LogP contribution in [0.15, 0.2) is 23.2 Å². The van der Waals surface area contributed by atoms with Crippen LogP contribution in [-0.4, -0.2) is 39.0 Å². The monoisotopic (exact) mass is 283 g/mol. The molecule has 0 saturated carbocycles. The predicted octanol–water partition coefficient (Wildman–Crippen LogP) is 1.64. The van der Waals surface area contributed by atoms with Crippen molar-refractivity contribution in [2.75, 3.05) is 21.3 Å². The molecular formula is C13H14FNO5. The summed E-state index contributed by atoms with van der Waals surface area (Å²) in [4.78, 5) is 26.5. The van der Waals surface area contributed by atoms with Crippen LogP contribution in [0, 0.1) is 5.82 Å². The standard InChI is InChI=1S/C13H14FNO5/c1-18-10-6-4-5-8(12(10)14)15-9(13(17)20-3)7-11(16)19-2/h4-6H,7H2,1-3H3. The number of halogens is 1. The third kappa shape index (κ3) is 3.78. The Labute approximate surface area is 115 Å². The SMILES string of the molecule is COC(=O)CC(=Nc1cccc(OC)c1F)C(=O)OC. The van der Waals surface area contributed by atoms with Gasteiger partial charge in [0.1, 0.15) is 11.4 Å². The molecule has 6 nitrogen and oxygen atoms in total. The average Bonchev–Trinajstić information content (AvgIpc) is 2.47. The van der Waals surface area contributed by atoms with Crippen molar-refractivity contribution in [3.05, 3.63) is 24.0 Å². The molecule has 1 aromatic carbocycles. The molecule has 1 aromatic rings. The van der Waals surface area contributed by atoms with Gasteiger partial charge in [0.25, 0.3) is 0 Å². The highest BCUT2D eigenvalue weighted by atomic mass is 19.1. The van der Waals surface area contributed by atoms with Crippen LogP contribution >= 0.6 is 0 Å². The van der Waals surface area contributed by atoms with E-state index < -0.39 is 24.2 Å². The van der Waals surface area contributed by atoms with Gasteiger partial charge in [-0.15, -0.1) is 0 Å². The zero-order chi connectivity index (χ0) is 15.1. The molecule has 0 aliphatic rings. The van der Waals surface area contributed by atoms with E-state index in [0.29, 0.717) is 0 Å². The third-order valence-electron chi connectivity index (χ3n) is 2.38. The quantitative estimate of drug-likeness (QED) is 0.606. The molecule has 0 aliphatic heterocycles. The molecule has 0 saturated heterocycles. The molecule has 7 heteroatoms. The summed E-state index contributed by atoms with van der Waals surface area (Å²) in [5.74, 6) is -2.27. The highest BCUT2D eigenvalue weighted by molar-refractivity contribution is 6.39. The van der Waals surface area contributed by atoms with Gasteiger partial charge in [-0.2, -0.15) is 0 Å². The van der Waals surface area contributed by atoms with Gasteiger partial charge in [-0.05, 0) is 12.1 Å². The molecule has 0 amide bonds. The minimum Gasteiger partial charge on any atom is -0.494 e. The van der Waals surface area contributed by atoms with Gasteiger partial charge in [-0.3, -0.25) is 4.79 Å². The van der Waals surface area contributed by atoms with Crippen molar-refractivity contribution in [1.82, 2.24) is 0 Å². The summed E-state index contributed by atoms with van der Waals surface area (Å²) in [5.41, 5.74) is -0.389. The first-order valence-electron chi connectivity index (χ1n) is 5.58. The molecule has 0 unspecified atom stereocenters. The number of methoxy groups -OCH3 is 3. The maximum atomic E-state index is 13.9. The highest BCUT2D eigenvalue weighted by Crippen LogP contribution is 2.26. The lowest BCUT2D eigenvalue weighted by molar-refractivity contribution is -0.140. The number of carbonyl (C=O) groups excluding carboxylic acids is 2. The first-order valence-corrected chi connectivity index (χ1v) is 5.58. The molecule has 0 heterocycles. The Morgan fingerprint density at radius 1 is 1.20 bits per heavy atom. The van der Waals surface area contributed by atoms with E-state index >= 15 is 0 Å². The summed E-state index contributed by atoms with van der Waals surface area (Å²) in [6.45, 7) is 0. The fourth-order valence-corrected chi connectivity index (χ4v) is 1.37. The number of esters is 2. The molecular weight excluding hydrogens is 269 g/mol. The topological polar surface area (TPSA) is 74.2 Å². The van der Waals surface area contributed by atoms with Crippen molar-refractivity contribution in [2.45, 2.75) is 6.42 Å². The molecule has 0 spiro atoms. The molecule has 0 aromatic heterocycles. The summed E-state index contributed by atoms with van der Waals surface area (Å²) in [5, 5.41) is 0. The first-order chi connectivity index (χ1) is 9.53. The van der Waals surface area contributed by atoms with Crippen LogP contribution in [0.5, 0.6) is 5.75 Å². The van der Waals surface area contributed by atoms with Crippen LogP contribution in [0.4, 0.5) is 10.1 Å². The summed E-state index contributed by atoms with van der Waals surface area (Å²) >= 11 is 0. The number of hydrogen-bond donors (Lipinski definition) is 0. The maximum Gasteiger partial charge on any atom is 0.353 e. The Balaban J connectivity index is 3.19. The Morgan fingerprint density at radius 2 is 1.90 bits per heavy atom. The van der Waals surface area contributed by atoms with Gasteiger partial charge < -0.3 is 14.2 Å². The lowest BCUT2D eigenvalue weighted by atomic mass is 10.2. The van der Waals surface area contributed by atoms with Crippen LogP contribution in [0.2, 0.25) is 0 Å². The zero-order valence-electron chi connectivity index (χ0n) is 11.3. The van der Waals surface area contributed by atoms with E-state index in [2.05, 4.69) is 14.5 Å². The maximum absolute atomic E-state index is 13.9. The van der Waals surface area contributed by atoms with Crippen LogP contribution in [0.25, 0.3) is 0 Å². The van der Waals surface area contributed by atoms with Crippen molar-refractivity contribution >= 4 is 23.3 Å². The first kappa shape index (κ1) is 15.6. The van der Waals surface area contributed by atoms with Crippen molar-refractivity contribution in [3.63, 3.8) is 0 Å². The fraction of sp³-hybridized carbons (Fsp3) is 0.308. The molecule has 0 bridgehead atoms. The zero-order valence-corrected chi connectivity index (χ0v) is 11.3. The van der Waals surface area contributed by atoms with E-state index in [1.165, 1.54) is 32.4 Å². The highest BCUT2D eigenvalue weighted by Gasteiger charge is 2.18. The summed E-state index contributed by atoms with van der Waals surface area (Å²) < 4.78 is 27.7. The predicted molar refractivity (Wildman–Crippen MR) is 68.7 cm³/mol. The van der Waals surface area contributed by atoms with Crippen molar-refractivity contribution < 1.29 is 28.2 Å². The molecule has 0 fully saturated rings. The second kappa shape index (κ2) is 7.22. The van der Waals surface area contributed by atoms with Gasteiger partial charge in [0.15, 0.2) is 11.6 Å². The Hall–Kier alpha value is -2.44. The molecule has 1 rings (SSSR count). The second-order valence-corrected chi connectivity index (χ2v) is 3.60. The minimum absolute atomic E-state index is 0.0199. The normalized spacial score (nSPS) is 10.9. The fourth-order valence-electron chi connectivity index (χ4n) is 1.37. The van der Waals surface area contributed by atoms with E-state index in [4.69, 9.17) is 4.74 Å². The molecule has 0 radical (unpaired) electrons. The van der Waals surface area contributed by atoms with E-state index in [-0.39, 0.29) is 17.1 Å². The second-order valence-electron chi connectivity index (χ2n) is 3.60. The lowest BCUT2D eigenvalue weighted by Gasteiger charge is -2.06. The molecule has 0 N–H and O–H groups in total. The number of hydrogen-bond acceptors (Lipinski definition) is 6. The van der Waals surface area contributed by atoms with Crippen molar-refractivity contribution in [2.24, 2.45) is 4.99 Å². The van der Waals surface area contributed by atoms with E-state index in [1.54, 1.807) is 0 Å². The van der Waals surface area contributed by atoms with Crippen molar-refractivity contribution in [3.8, 4) is 5.75 Å². The van der Waals surface area contributed by atoms with Crippen LogP contribution in [0.3, 0.4) is 0 Å². The van der Waals surface area contributed by atoms with Crippen LogP contribution < -0.4 is 4.74 Å². The number of nitrogens with zero attached hydrogens (tertiary/aromatic N) is 1. The van der Waals surface area contributed by atoms with E-state index in [1.807, 2.05) is 0 Å². The van der Waals surface area contributed by atoms with Crippen molar-refractivity contribution in [1.29, 1.82) is 0 Å². The molecule has 0 atom stereocenters. The summed E-state index contributed by atoms with van der Waals surface area (Å²) in [6.07, 6.45) is -0.417. The lowest BCUT2D eigenvalue weighted by Crippen LogP contribution is -2.20. The minimum atomic E-state index is -0.836. The summed E-state index contributed by atoms with van der Waals surface area (Å²) in [6, 6.07) is 4.26. The third-order valence-corrected chi connectivity index (χ3v) is 2.38. The molecule has 108 valence electrons. The largest absolute Gasteiger partial charge is 0.494 e. The molecule has 20 heavy (non-hydrogen) atoms. The average molecular weight is 283 g/mol. The van der Waals surface area contributed by atoms with E-state index in [0.717, 1.165) is 7.11 Å². The van der Waals surface area contributed by atoms with Gasteiger partial charge in [-0.1, -0.05) is 6.07 Å². The number of rotatable bonds is 5. The number of carbonyl (C=O) groups is 2. The van der Waals surface area contributed by atoms with Gasteiger partial charge in [0.2, 0.25) is 0 Å². The van der Waals surface area contributed by atoms with Gasteiger partial charge in [-0.25, -0.2) is 14.2 Å². The van der Waals surface area contributed by atoms with Crippen LogP contribution in [0.1, 0.15) is 6.42 Å². The summed E-state index contributed by atoms with van der Waals surface area (Å²) in [7, 11) is 3.61. The number of benzene rings is 1. The Bertz CT molecular complexity index is 542. The van der Waals surface area contributed by atoms with Crippen LogP contribution in [-0.2, 0) is 19.1 Å². The Morgan fingerprint density at radius 3 is 2.45 bits per heavy atom. The van der Waals surface area contributed by atoms with E-state index in [9.17, 15) is 14.0 Å². The smallest absolute Gasteiger partial charge is 0.353 e. The van der Waals surface area contributed by atoms with Gasteiger partial charge >= 0.3 is 11.9 Å².